The van der Waals surface area contributed by atoms with E-state index in [1.807, 2.05) is 24.3 Å². The van der Waals surface area contributed by atoms with Crippen molar-refractivity contribution in [3.63, 3.8) is 0 Å². The number of esters is 1. The average molecular weight is 392 g/mol. The molecule has 0 aliphatic rings. The summed E-state index contributed by atoms with van der Waals surface area (Å²) < 4.78 is 10.2. The monoisotopic (exact) mass is 391 g/mol. The van der Waals surface area contributed by atoms with Crippen molar-refractivity contribution in [3.8, 4) is 11.4 Å². The van der Waals surface area contributed by atoms with E-state index in [0.29, 0.717) is 11.7 Å². The van der Waals surface area contributed by atoms with Crippen LogP contribution in [-0.4, -0.2) is 21.1 Å². The maximum Gasteiger partial charge on any atom is 0.359 e. The molecule has 1 aromatic carbocycles. The van der Waals surface area contributed by atoms with Gasteiger partial charge in [0.1, 0.15) is 5.15 Å². The van der Waals surface area contributed by atoms with Crippen molar-refractivity contribution in [3.05, 3.63) is 63.7 Å². The molecule has 26 heavy (non-hydrogen) atoms. The SMILES string of the molecule is CC(C)c1ccc(-c2noc(COC(=O)c3nc(Cl)ccc3Cl)n2)cc1. The minimum atomic E-state index is -0.724. The van der Waals surface area contributed by atoms with E-state index in [0.717, 1.165) is 5.56 Å². The highest BCUT2D eigenvalue weighted by Crippen LogP contribution is 2.21. The van der Waals surface area contributed by atoms with Gasteiger partial charge in [-0.2, -0.15) is 4.98 Å². The highest BCUT2D eigenvalue weighted by atomic mass is 35.5. The third-order valence-electron chi connectivity index (χ3n) is 3.64. The van der Waals surface area contributed by atoms with Gasteiger partial charge in [0, 0.05) is 5.56 Å². The zero-order chi connectivity index (χ0) is 18.7. The van der Waals surface area contributed by atoms with Crippen molar-refractivity contribution in [1.82, 2.24) is 15.1 Å². The number of carbonyl (C=O) groups is 1. The fourth-order valence-corrected chi connectivity index (χ4v) is 2.53. The van der Waals surface area contributed by atoms with Crippen LogP contribution in [0.3, 0.4) is 0 Å². The van der Waals surface area contributed by atoms with Crippen LogP contribution >= 0.6 is 23.2 Å². The summed E-state index contributed by atoms with van der Waals surface area (Å²) in [5.41, 5.74) is 1.97. The molecule has 0 aliphatic heterocycles. The molecule has 0 fully saturated rings. The first-order valence-electron chi connectivity index (χ1n) is 7.86. The van der Waals surface area contributed by atoms with E-state index in [2.05, 4.69) is 29.0 Å². The van der Waals surface area contributed by atoms with E-state index < -0.39 is 5.97 Å². The Hall–Kier alpha value is -2.44. The van der Waals surface area contributed by atoms with E-state index in [4.69, 9.17) is 32.5 Å². The predicted octanol–water partition coefficient (Wildman–Crippen LogP) is 4.92. The fourth-order valence-electron chi connectivity index (χ4n) is 2.20. The highest BCUT2D eigenvalue weighted by molar-refractivity contribution is 6.34. The van der Waals surface area contributed by atoms with Gasteiger partial charge >= 0.3 is 5.97 Å². The molecule has 0 radical (unpaired) electrons. The number of halogens is 2. The Labute approximate surface area is 160 Å². The molecular formula is C18H15Cl2N3O3. The molecule has 0 saturated carbocycles. The lowest BCUT2D eigenvalue weighted by molar-refractivity contribution is 0.0423. The minimum absolute atomic E-state index is 0.0665. The third kappa shape index (κ3) is 4.20. The Morgan fingerprint density at radius 1 is 1.12 bits per heavy atom. The summed E-state index contributed by atoms with van der Waals surface area (Å²) >= 11 is 11.7. The largest absolute Gasteiger partial charge is 0.451 e. The first-order valence-corrected chi connectivity index (χ1v) is 8.61. The van der Waals surface area contributed by atoms with Crippen LogP contribution in [0, 0.1) is 0 Å². The number of benzene rings is 1. The highest BCUT2D eigenvalue weighted by Gasteiger charge is 2.17. The summed E-state index contributed by atoms with van der Waals surface area (Å²) in [6.07, 6.45) is 0. The number of carbonyl (C=O) groups excluding carboxylic acids is 1. The Balaban J connectivity index is 1.67. The Morgan fingerprint density at radius 3 is 2.54 bits per heavy atom. The Morgan fingerprint density at radius 2 is 1.85 bits per heavy atom. The van der Waals surface area contributed by atoms with Crippen LogP contribution in [0.2, 0.25) is 10.2 Å². The van der Waals surface area contributed by atoms with Crippen LogP contribution < -0.4 is 0 Å². The van der Waals surface area contributed by atoms with Crippen LogP contribution in [0.5, 0.6) is 0 Å². The number of pyridine rings is 1. The molecule has 3 aromatic rings. The maximum absolute atomic E-state index is 12.1. The lowest BCUT2D eigenvalue weighted by Crippen LogP contribution is -2.08. The molecule has 2 heterocycles. The van der Waals surface area contributed by atoms with Crippen molar-refractivity contribution in [1.29, 1.82) is 0 Å². The van der Waals surface area contributed by atoms with E-state index in [9.17, 15) is 4.79 Å². The van der Waals surface area contributed by atoms with Crippen LogP contribution in [0.25, 0.3) is 11.4 Å². The van der Waals surface area contributed by atoms with Gasteiger partial charge in [-0.3, -0.25) is 0 Å². The molecule has 134 valence electrons. The minimum Gasteiger partial charge on any atom is -0.451 e. The molecule has 6 nitrogen and oxygen atoms in total. The summed E-state index contributed by atoms with van der Waals surface area (Å²) in [7, 11) is 0. The third-order valence-corrected chi connectivity index (χ3v) is 4.15. The molecule has 0 amide bonds. The molecule has 8 heteroatoms. The van der Waals surface area contributed by atoms with Gasteiger partial charge in [0.25, 0.3) is 5.89 Å². The summed E-state index contributed by atoms with van der Waals surface area (Å²) in [4.78, 5) is 20.1. The summed E-state index contributed by atoms with van der Waals surface area (Å²) in [6, 6.07) is 10.8. The second-order valence-corrected chi connectivity index (χ2v) is 6.62. The Bertz CT molecular complexity index is 924. The number of aromatic nitrogens is 3. The van der Waals surface area contributed by atoms with E-state index >= 15 is 0 Å². The van der Waals surface area contributed by atoms with Gasteiger partial charge in [0.15, 0.2) is 12.3 Å². The van der Waals surface area contributed by atoms with Crippen LogP contribution in [0.15, 0.2) is 40.9 Å². The standard InChI is InChI=1S/C18H15Cl2N3O3/c1-10(2)11-3-5-12(6-4-11)17-22-15(26-23-17)9-25-18(24)16-13(19)7-8-14(20)21-16/h3-8,10H,9H2,1-2H3. The zero-order valence-corrected chi connectivity index (χ0v) is 15.6. The number of nitrogens with zero attached hydrogens (tertiary/aromatic N) is 3. The van der Waals surface area contributed by atoms with Crippen molar-refractivity contribution in [2.45, 2.75) is 26.4 Å². The summed E-state index contributed by atoms with van der Waals surface area (Å²) in [5, 5.41) is 4.20. The number of rotatable bonds is 5. The Kier molecular flexibility index (Phi) is 5.54. The predicted molar refractivity (Wildman–Crippen MR) is 97.2 cm³/mol. The molecule has 3 rings (SSSR count). The van der Waals surface area contributed by atoms with Crippen LogP contribution in [0.4, 0.5) is 0 Å². The van der Waals surface area contributed by atoms with Crippen LogP contribution in [-0.2, 0) is 11.3 Å². The second kappa shape index (κ2) is 7.85. The number of ether oxygens (including phenoxy) is 1. The lowest BCUT2D eigenvalue weighted by atomic mass is 10.0. The molecular weight excluding hydrogens is 377 g/mol. The smallest absolute Gasteiger partial charge is 0.359 e. The van der Waals surface area contributed by atoms with E-state index in [1.54, 1.807) is 0 Å². The van der Waals surface area contributed by atoms with Crippen LogP contribution in [0.1, 0.15) is 41.7 Å². The van der Waals surface area contributed by atoms with Gasteiger partial charge in [0.05, 0.1) is 5.02 Å². The molecule has 0 bridgehead atoms. The number of hydrogen-bond acceptors (Lipinski definition) is 6. The van der Waals surface area contributed by atoms with E-state index in [-0.39, 0.29) is 28.4 Å². The van der Waals surface area contributed by atoms with Gasteiger partial charge in [0.2, 0.25) is 5.82 Å². The fraction of sp³-hybridized carbons (Fsp3) is 0.222. The molecule has 0 aliphatic carbocycles. The zero-order valence-electron chi connectivity index (χ0n) is 14.1. The first kappa shape index (κ1) is 18.4. The lowest BCUT2D eigenvalue weighted by Gasteiger charge is -2.04. The molecule has 0 unspecified atom stereocenters. The normalized spacial score (nSPS) is 11.0. The molecule has 2 aromatic heterocycles. The van der Waals surface area contributed by atoms with Gasteiger partial charge < -0.3 is 9.26 Å². The second-order valence-electron chi connectivity index (χ2n) is 5.83. The molecule has 0 saturated heterocycles. The van der Waals surface area contributed by atoms with Crippen molar-refractivity contribution < 1.29 is 14.1 Å². The first-order chi connectivity index (χ1) is 12.4. The van der Waals surface area contributed by atoms with Gasteiger partial charge in [-0.1, -0.05) is 66.5 Å². The molecule has 0 atom stereocenters. The van der Waals surface area contributed by atoms with Gasteiger partial charge in [-0.15, -0.1) is 0 Å². The van der Waals surface area contributed by atoms with Crippen molar-refractivity contribution >= 4 is 29.2 Å². The molecule has 0 spiro atoms. The topological polar surface area (TPSA) is 78.1 Å². The van der Waals surface area contributed by atoms with Crippen molar-refractivity contribution in [2.75, 3.05) is 0 Å². The van der Waals surface area contributed by atoms with Gasteiger partial charge in [-0.25, -0.2) is 9.78 Å². The van der Waals surface area contributed by atoms with Gasteiger partial charge in [-0.05, 0) is 23.6 Å². The number of hydrogen-bond donors (Lipinski definition) is 0. The maximum atomic E-state index is 12.1. The quantitative estimate of drug-likeness (QED) is 0.453. The molecule has 0 N–H and O–H groups in total. The summed E-state index contributed by atoms with van der Waals surface area (Å²) in [5.74, 6) is 0.305. The van der Waals surface area contributed by atoms with E-state index in [1.165, 1.54) is 17.7 Å². The average Bonchev–Trinajstić information content (AvgIpc) is 3.11. The van der Waals surface area contributed by atoms with Crippen molar-refractivity contribution in [2.24, 2.45) is 0 Å². The summed E-state index contributed by atoms with van der Waals surface area (Å²) in [6.45, 7) is 4.05.